The molecule has 1 amide bonds. The first-order valence-electron chi connectivity index (χ1n) is 6.52. The second-order valence-corrected chi connectivity index (χ2v) is 6.76. The van der Waals surface area contributed by atoms with Gasteiger partial charge in [-0.3, -0.25) is 13.8 Å². The average Bonchev–Trinajstić information content (AvgIpc) is 2.86. The minimum atomic E-state index is -5.52. The highest BCUT2D eigenvalue weighted by Crippen LogP contribution is 2.52. The van der Waals surface area contributed by atoms with Crippen molar-refractivity contribution in [2.45, 2.75) is 37.7 Å². The summed E-state index contributed by atoms with van der Waals surface area (Å²) in [7, 11) is -5.52. The van der Waals surface area contributed by atoms with E-state index in [4.69, 9.17) is 5.84 Å². The molecule has 146 valence electrons. The Labute approximate surface area is 136 Å². The normalized spacial score (nSPS) is 19.2. The number of ether oxygens (including phenoxy) is 1. The molecule has 1 saturated carbocycles. The lowest BCUT2D eigenvalue weighted by atomic mass is 10.3. The molecule has 1 unspecified atom stereocenters. The van der Waals surface area contributed by atoms with Crippen LogP contribution in [0.3, 0.4) is 0 Å². The van der Waals surface area contributed by atoms with E-state index in [0.29, 0.717) is 0 Å². The van der Waals surface area contributed by atoms with Crippen LogP contribution in [-0.4, -0.2) is 48.3 Å². The number of rotatable bonds is 6. The Morgan fingerprint density at radius 3 is 2.00 bits per heavy atom. The van der Waals surface area contributed by atoms with Crippen LogP contribution in [0.4, 0.5) is 31.1 Å². The van der Waals surface area contributed by atoms with Crippen molar-refractivity contribution in [1.29, 1.82) is 0 Å². The van der Waals surface area contributed by atoms with Crippen molar-refractivity contribution >= 4 is 19.6 Å². The molecule has 1 rings (SSSR count). The van der Waals surface area contributed by atoms with Gasteiger partial charge in [0.1, 0.15) is 11.9 Å². The highest BCUT2D eigenvalue weighted by molar-refractivity contribution is 7.51. The van der Waals surface area contributed by atoms with Crippen LogP contribution >= 0.6 is 7.75 Å². The first kappa shape index (κ1) is 21.7. The van der Waals surface area contributed by atoms with Gasteiger partial charge in [0, 0.05) is 12.8 Å². The van der Waals surface area contributed by atoms with Crippen LogP contribution in [0.1, 0.15) is 19.3 Å². The maximum Gasteiger partial charge on any atom is 0.455 e. The van der Waals surface area contributed by atoms with E-state index in [1.165, 1.54) is 0 Å². The number of hydrogen-bond donors (Lipinski definition) is 1. The van der Waals surface area contributed by atoms with Crippen LogP contribution in [0.2, 0.25) is 0 Å². The van der Waals surface area contributed by atoms with Gasteiger partial charge in [0.15, 0.2) is 13.2 Å². The number of carbonyl (C=O) groups is 2. The third-order valence-corrected chi connectivity index (χ3v) is 4.30. The van der Waals surface area contributed by atoms with Gasteiger partial charge in [-0.15, -0.1) is 4.78 Å². The fourth-order valence-corrected chi connectivity index (χ4v) is 2.84. The van der Waals surface area contributed by atoms with Gasteiger partial charge in [0.25, 0.3) is 0 Å². The summed E-state index contributed by atoms with van der Waals surface area (Å²) in [5.41, 5.74) is 0. The molecule has 2 N–H and O–H groups in total. The van der Waals surface area contributed by atoms with E-state index >= 15 is 0 Å². The molecule has 0 heterocycles. The molecule has 0 saturated heterocycles. The lowest BCUT2D eigenvalue weighted by Crippen LogP contribution is -2.39. The summed E-state index contributed by atoms with van der Waals surface area (Å²) >= 11 is 0. The fraction of sp³-hybridized carbons (Fsp3) is 0.800. The smallest absolute Gasteiger partial charge is 0.444 e. The molecule has 0 aromatic heterocycles. The van der Waals surface area contributed by atoms with E-state index in [9.17, 15) is 40.5 Å². The molecule has 1 fully saturated rings. The third-order valence-electron chi connectivity index (χ3n) is 2.70. The van der Waals surface area contributed by atoms with E-state index in [1.807, 2.05) is 0 Å². The van der Waals surface area contributed by atoms with Crippen LogP contribution in [0.25, 0.3) is 0 Å². The highest BCUT2D eigenvalue weighted by Gasteiger charge is 2.45. The summed E-state index contributed by atoms with van der Waals surface area (Å²) in [6, 6.07) is 0. The van der Waals surface area contributed by atoms with Gasteiger partial charge in [0.2, 0.25) is 0 Å². The Bertz CT molecular complexity index is 531. The van der Waals surface area contributed by atoms with Crippen LogP contribution in [0, 0.1) is 0 Å². The van der Waals surface area contributed by atoms with Crippen molar-refractivity contribution in [1.82, 2.24) is 4.78 Å². The van der Waals surface area contributed by atoms with Crippen molar-refractivity contribution in [3.05, 3.63) is 0 Å². The molecule has 1 atom stereocenters. The summed E-state index contributed by atoms with van der Waals surface area (Å²) in [6.45, 7) is -4.57. The Kier molecular flexibility index (Phi) is 6.84. The van der Waals surface area contributed by atoms with Gasteiger partial charge >= 0.3 is 26.2 Å². The standard InChI is InChI=1S/C10H13F6N2O6P/c11-9(12,13)4-22-25(21,23-5-10(14,15)16)18(17)8(20)24-7-2-1-6(19)3-7/h7H,1-5,17H2. The zero-order valence-corrected chi connectivity index (χ0v) is 13.2. The van der Waals surface area contributed by atoms with E-state index < -0.39 is 50.3 Å². The highest BCUT2D eigenvalue weighted by atomic mass is 31.2. The molecular weight excluding hydrogens is 389 g/mol. The monoisotopic (exact) mass is 402 g/mol. The summed E-state index contributed by atoms with van der Waals surface area (Å²) in [5, 5.41) is 0. The molecular formula is C10H13F6N2O6P. The minimum Gasteiger partial charge on any atom is -0.444 e. The van der Waals surface area contributed by atoms with Gasteiger partial charge in [-0.2, -0.15) is 26.3 Å². The quantitative estimate of drug-likeness (QED) is 0.239. The zero-order chi connectivity index (χ0) is 19.5. The van der Waals surface area contributed by atoms with E-state index in [0.717, 1.165) is 0 Å². The molecule has 15 heteroatoms. The molecule has 0 bridgehead atoms. The Morgan fingerprint density at radius 2 is 1.64 bits per heavy atom. The average molecular weight is 402 g/mol. The van der Waals surface area contributed by atoms with Gasteiger partial charge in [-0.1, -0.05) is 0 Å². The van der Waals surface area contributed by atoms with Gasteiger partial charge in [-0.05, 0) is 6.42 Å². The number of nitrogens with zero attached hydrogens (tertiary/aromatic N) is 1. The summed E-state index contributed by atoms with van der Waals surface area (Å²) < 4.78 is 96.6. The summed E-state index contributed by atoms with van der Waals surface area (Å²) in [6.07, 6.45) is -13.0. The molecule has 0 aromatic carbocycles. The second kappa shape index (κ2) is 7.89. The molecule has 0 aromatic rings. The topological polar surface area (TPSA) is 108 Å². The number of nitrogens with two attached hydrogens (primary N) is 1. The first-order chi connectivity index (χ1) is 11.2. The lowest BCUT2D eigenvalue weighted by Gasteiger charge is -2.27. The number of halogens is 6. The number of hydrogen-bond acceptors (Lipinski definition) is 7. The van der Waals surface area contributed by atoms with Gasteiger partial charge < -0.3 is 4.74 Å². The summed E-state index contributed by atoms with van der Waals surface area (Å²) in [5.74, 6) is 4.72. The van der Waals surface area contributed by atoms with E-state index in [1.54, 1.807) is 0 Å². The predicted molar refractivity (Wildman–Crippen MR) is 66.8 cm³/mol. The molecule has 25 heavy (non-hydrogen) atoms. The Hall–Kier alpha value is -1.37. The molecule has 1 aliphatic carbocycles. The lowest BCUT2D eigenvalue weighted by molar-refractivity contribution is -0.167. The fourth-order valence-electron chi connectivity index (χ4n) is 1.65. The number of carbonyl (C=O) groups excluding carboxylic acids is 2. The number of amides is 1. The third kappa shape index (κ3) is 7.59. The molecule has 8 nitrogen and oxygen atoms in total. The number of alkyl halides is 6. The SMILES string of the molecule is NN(C(=O)OC1CCC(=O)C1)P(=O)(OCC(F)(F)F)OCC(F)(F)F. The van der Waals surface area contributed by atoms with Crippen LogP contribution < -0.4 is 5.84 Å². The maximum absolute atomic E-state index is 12.2. The number of hydrazine groups is 1. The molecule has 0 spiro atoms. The molecule has 0 radical (unpaired) electrons. The molecule has 1 aliphatic rings. The minimum absolute atomic E-state index is 0.0648. The van der Waals surface area contributed by atoms with Crippen LogP contribution in [0.5, 0.6) is 0 Å². The van der Waals surface area contributed by atoms with Crippen LogP contribution in [0.15, 0.2) is 0 Å². The van der Waals surface area contributed by atoms with Crippen molar-refractivity contribution in [2.75, 3.05) is 13.2 Å². The maximum atomic E-state index is 12.2. The van der Waals surface area contributed by atoms with Crippen molar-refractivity contribution in [3.63, 3.8) is 0 Å². The van der Waals surface area contributed by atoms with Crippen molar-refractivity contribution in [3.8, 4) is 0 Å². The van der Waals surface area contributed by atoms with Crippen molar-refractivity contribution < 1.29 is 54.3 Å². The second-order valence-electron chi connectivity index (χ2n) is 4.88. The zero-order valence-electron chi connectivity index (χ0n) is 12.3. The van der Waals surface area contributed by atoms with Crippen molar-refractivity contribution in [2.24, 2.45) is 5.84 Å². The first-order valence-corrected chi connectivity index (χ1v) is 8.02. The van der Waals surface area contributed by atoms with E-state index in [-0.39, 0.29) is 25.0 Å². The van der Waals surface area contributed by atoms with E-state index in [2.05, 4.69) is 13.8 Å². The largest absolute Gasteiger partial charge is 0.455 e. The Morgan fingerprint density at radius 1 is 1.16 bits per heavy atom. The number of Topliss-reactive ketones (excluding diaryl/α,β-unsaturated/α-hetero) is 1. The predicted octanol–water partition coefficient (Wildman–Crippen LogP) is 2.69. The Balaban J connectivity index is 2.82. The number of ketones is 1. The molecule has 0 aliphatic heterocycles. The van der Waals surface area contributed by atoms with Gasteiger partial charge in [0.05, 0.1) is 0 Å². The summed E-state index contributed by atoms with van der Waals surface area (Å²) in [4.78, 5) is 22.7. The van der Waals surface area contributed by atoms with Gasteiger partial charge in [-0.25, -0.2) is 15.2 Å². The van der Waals surface area contributed by atoms with Crippen LogP contribution in [-0.2, 0) is 23.1 Å².